The molecule has 0 amide bonds. The molecule has 0 heterocycles. The third kappa shape index (κ3) is 4.55. The zero-order valence-electron chi connectivity index (χ0n) is 16.2. The monoisotopic (exact) mass is 435 g/mol. The third-order valence-corrected chi connectivity index (χ3v) is 6.42. The number of rotatable bonds is 6. The van der Waals surface area contributed by atoms with Gasteiger partial charge in [-0.2, -0.15) is 17.9 Å². The van der Waals surface area contributed by atoms with E-state index in [9.17, 15) is 26.4 Å². The first kappa shape index (κ1) is 22.0. The van der Waals surface area contributed by atoms with Crippen molar-refractivity contribution in [3.63, 3.8) is 0 Å². The van der Waals surface area contributed by atoms with E-state index in [0.29, 0.717) is 12.0 Å². The minimum absolute atomic E-state index is 0.00351. The van der Waals surface area contributed by atoms with Gasteiger partial charge < -0.3 is 0 Å². The first-order valence-corrected chi connectivity index (χ1v) is 10.7. The second kappa shape index (κ2) is 8.20. The van der Waals surface area contributed by atoms with Crippen LogP contribution in [-0.2, 0) is 21.0 Å². The summed E-state index contributed by atoms with van der Waals surface area (Å²) in [4.78, 5) is 12.5. The van der Waals surface area contributed by atoms with Crippen molar-refractivity contribution in [2.75, 3.05) is 0 Å². The van der Waals surface area contributed by atoms with Crippen molar-refractivity contribution in [1.82, 2.24) is 4.72 Å². The summed E-state index contributed by atoms with van der Waals surface area (Å²) in [5.74, 6) is -0.263. The molecular weight excluding hydrogens is 415 g/mol. The summed E-state index contributed by atoms with van der Waals surface area (Å²) in [6, 6.07) is 9.12. The van der Waals surface area contributed by atoms with Crippen LogP contribution in [0.4, 0.5) is 13.2 Å². The van der Waals surface area contributed by atoms with Gasteiger partial charge in [0.1, 0.15) is 0 Å². The lowest BCUT2D eigenvalue weighted by atomic mass is 9.95. The molecule has 8 heteroatoms. The Morgan fingerprint density at radius 1 is 1.03 bits per heavy atom. The third-order valence-electron chi connectivity index (χ3n) is 4.98. The number of benzene rings is 2. The summed E-state index contributed by atoms with van der Waals surface area (Å²) in [6.07, 6.45) is -2.44. The molecule has 30 heavy (non-hydrogen) atoms. The molecule has 0 fully saturated rings. The van der Waals surface area contributed by atoms with Crippen molar-refractivity contribution in [2.45, 2.75) is 36.9 Å². The molecule has 0 spiro atoms. The van der Waals surface area contributed by atoms with Crippen molar-refractivity contribution in [3.8, 4) is 0 Å². The van der Waals surface area contributed by atoms with Crippen LogP contribution in [0.2, 0.25) is 0 Å². The molecule has 0 aromatic heterocycles. The molecule has 1 unspecified atom stereocenters. The van der Waals surface area contributed by atoms with Gasteiger partial charge in [-0.05, 0) is 48.7 Å². The molecule has 2 aromatic rings. The number of hydrogen-bond acceptors (Lipinski definition) is 3. The van der Waals surface area contributed by atoms with Gasteiger partial charge in [-0.3, -0.25) is 4.79 Å². The number of alkyl halides is 3. The van der Waals surface area contributed by atoms with E-state index in [1.165, 1.54) is 30.3 Å². The first-order chi connectivity index (χ1) is 14.0. The van der Waals surface area contributed by atoms with Crippen LogP contribution in [-0.4, -0.2) is 14.2 Å². The summed E-state index contributed by atoms with van der Waals surface area (Å²) in [6.45, 7) is 5.49. The molecule has 1 atom stereocenters. The smallest absolute Gasteiger partial charge is 0.294 e. The van der Waals surface area contributed by atoms with E-state index in [0.717, 1.165) is 17.7 Å². The maximum Gasteiger partial charge on any atom is 0.416 e. The van der Waals surface area contributed by atoms with Crippen molar-refractivity contribution < 1.29 is 26.4 Å². The average molecular weight is 435 g/mol. The quantitative estimate of drug-likeness (QED) is 0.704. The van der Waals surface area contributed by atoms with E-state index in [1.807, 2.05) is 6.92 Å². The molecule has 158 valence electrons. The highest BCUT2D eigenvalue weighted by atomic mass is 32.2. The Labute approximate surface area is 173 Å². The van der Waals surface area contributed by atoms with Gasteiger partial charge in [-0.25, -0.2) is 8.42 Å². The van der Waals surface area contributed by atoms with Gasteiger partial charge >= 0.3 is 6.18 Å². The molecule has 0 radical (unpaired) electrons. The van der Waals surface area contributed by atoms with Crippen LogP contribution in [0.1, 0.15) is 35.6 Å². The van der Waals surface area contributed by atoms with Crippen molar-refractivity contribution in [2.24, 2.45) is 0 Å². The Morgan fingerprint density at radius 2 is 1.63 bits per heavy atom. The Kier molecular flexibility index (Phi) is 6.01. The Balaban J connectivity index is 2.08. The highest BCUT2D eigenvalue weighted by Crippen LogP contribution is 2.36. The van der Waals surface area contributed by atoms with Gasteiger partial charge in [0.05, 0.1) is 16.5 Å². The van der Waals surface area contributed by atoms with Crippen molar-refractivity contribution >= 4 is 15.8 Å². The van der Waals surface area contributed by atoms with Gasteiger partial charge in [0.15, 0.2) is 5.78 Å². The van der Waals surface area contributed by atoms with Crippen LogP contribution < -0.4 is 4.72 Å². The first-order valence-electron chi connectivity index (χ1n) is 9.18. The molecule has 1 aliphatic rings. The summed E-state index contributed by atoms with van der Waals surface area (Å²) < 4.78 is 67.2. The zero-order chi connectivity index (χ0) is 22.1. The number of allylic oxidation sites excluding steroid dienone is 2. The fraction of sp³-hybridized carbons (Fsp3) is 0.227. The number of Topliss-reactive ketones (excluding diaryl/α,β-unsaturated/α-hetero) is 1. The van der Waals surface area contributed by atoms with E-state index < -0.39 is 27.8 Å². The molecule has 0 aliphatic heterocycles. The molecule has 0 saturated carbocycles. The largest absolute Gasteiger partial charge is 0.416 e. The number of sulfonamides is 1. The molecule has 1 aliphatic carbocycles. The standard InChI is InChI=1S/C22H20F3NO3S/c1-3-15-8-13-19(27)20(15)21(16-6-9-17(10-7-16)22(23,24)25)26-30(28,29)18-11-4-14(2)5-12-18/h3-7,9-12,21,26H,1,8,13H2,2H3. The number of carbonyl (C=O) groups excluding carboxylic acids is 1. The van der Waals surface area contributed by atoms with Crippen LogP contribution in [0.5, 0.6) is 0 Å². The molecule has 0 saturated heterocycles. The molecule has 2 aromatic carbocycles. The Bertz CT molecular complexity index is 1100. The van der Waals surface area contributed by atoms with E-state index in [1.54, 1.807) is 12.1 Å². The summed E-state index contributed by atoms with van der Waals surface area (Å²) >= 11 is 0. The van der Waals surface area contributed by atoms with E-state index in [-0.39, 0.29) is 28.2 Å². The molecular formula is C22H20F3NO3S. The van der Waals surface area contributed by atoms with Gasteiger partial charge in [-0.1, -0.05) is 42.5 Å². The predicted octanol–water partition coefficient (Wildman–Crippen LogP) is 4.88. The molecule has 4 nitrogen and oxygen atoms in total. The number of nitrogens with one attached hydrogen (secondary N) is 1. The molecule has 3 rings (SSSR count). The normalized spacial score (nSPS) is 16.1. The summed E-state index contributed by atoms with van der Waals surface area (Å²) in [7, 11) is -4.05. The minimum Gasteiger partial charge on any atom is -0.294 e. The predicted molar refractivity (Wildman–Crippen MR) is 107 cm³/mol. The van der Waals surface area contributed by atoms with E-state index in [2.05, 4.69) is 11.3 Å². The molecule has 0 bridgehead atoms. The lowest BCUT2D eigenvalue weighted by molar-refractivity contribution is -0.137. The highest BCUT2D eigenvalue weighted by Gasteiger charge is 2.34. The topological polar surface area (TPSA) is 63.2 Å². The Hall–Kier alpha value is -2.71. The maximum absolute atomic E-state index is 13.0. The van der Waals surface area contributed by atoms with Crippen molar-refractivity contribution in [1.29, 1.82) is 0 Å². The van der Waals surface area contributed by atoms with E-state index in [4.69, 9.17) is 0 Å². The number of halogens is 3. The van der Waals surface area contributed by atoms with Gasteiger partial charge in [0.2, 0.25) is 10.0 Å². The Morgan fingerprint density at radius 3 is 2.17 bits per heavy atom. The summed E-state index contributed by atoms with van der Waals surface area (Å²) in [5.41, 5.74) is 1.04. The van der Waals surface area contributed by atoms with Crippen LogP contribution in [0.15, 0.2) is 77.2 Å². The second-order valence-corrected chi connectivity index (χ2v) is 8.77. The zero-order valence-corrected chi connectivity index (χ0v) is 17.0. The maximum atomic E-state index is 13.0. The van der Waals surface area contributed by atoms with Gasteiger partial charge in [0.25, 0.3) is 0 Å². The minimum atomic E-state index is -4.52. The van der Waals surface area contributed by atoms with Crippen LogP contribution >= 0.6 is 0 Å². The lowest BCUT2D eigenvalue weighted by Crippen LogP contribution is -2.31. The molecule has 1 N–H and O–H groups in total. The number of carbonyl (C=O) groups is 1. The lowest BCUT2D eigenvalue weighted by Gasteiger charge is -2.22. The number of ketones is 1. The van der Waals surface area contributed by atoms with Crippen LogP contribution in [0, 0.1) is 6.92 Å². The average Bonchev–Trinajstić information content (AvgIpc) is 3.06. The summed E-state index contributed by atoms with van der Waals surface area (Å²) in [5, 5.41) is 0. The fourth-order valence-electron chi connectivity index (χ4n) is 3.35. The number of hydrogen-bond donors (Lipinski definition) is 1. The van der Waals surface area contributed by atoms with Crippen LogP contribution in [0.3, 0.4) is 0 Å². The van der Waals surface area contributed by atoms with Gasteiger partial charge in [0, 0.05) is 12.0 Å². The number of aryl methyl sites for hydroxylation is 1. The highest BCUT2D eigenvalue weighted by molar-refractivity contribution is 7.89. The second-order valence-electron chi connectivity index (χ2n) is 7.05. The van der Waals surface area contributed by atoms with Crippen LogP contribution in [0.25, 0.3) is 0 Å². The van der Waals surface area contributed by atoms with Gasteiger partial charge in [-0.15, -0.1) is 0 Å². The van der Waals surface area contributed by atoms with Crippen molar-refractivity contribution in [3.05, 3.63) is 89.0 Å². The fourth-order valence-corrected chi connectivity index (χ4v) is 4.55. The van der Waals surface area contributed by atoms with E-state index >= 15 is 0 Å². The SMILES string of the molecule is C=CC1=C(C(NS(=O)(=O)c2ccc(C)cc2)c2ccc(C(F)(F)F)cc2)C(=O)CC1.